The second kappa shape index (κ2) is 5.25. The summed E-state index contributed by atoms with van der Waals surface area (Å²) >= 11 is 0. The summed E-state index contributed by atoms with van der Waals surface area (Å²) in [7, 11) is 1.76. The lowest BCUT2D eigenvalue weighted by Crippen LogP contribution is -2.13. The van der Waals surface area contributed by atoms with Gasteiger partial charge in [-0.25, -0.2) is 4.98 Å². The maximum absolute atomic E-state index is 13.3. The zero-order chi connectivity index (χ0) is 14.0. The molecule has 4 nitrogen and oxygen atoms in total. The monoisotopic (exact) mass is 274 g/mol. The molecule has 2 heterocycles. The van der Waals surface area contributed by atoms with E-state index in [0.717, 1.165) is 0 Å². The van der Waals surface area contributed by atoms with Gasteiger partial charge in [-0.05, 0) is 0 Å². The highest BCUT2D eigenvalue weighted by molar-refractivity contribution is 5.45. The van der Waals surface area contributed by atoms with Gasteiger partial charge >= 0.3 is 0 Å². The molecule has 102 valence electrons. The second-order valence-electron chi connectivity index (χ2n) is 3.83. The first-order chi connectivity index (χ1) is 9.00. The molecule has 2 rings (SSSR count). The lowest BCUT2D eigenvalue weighted by Gasteiger charge is -2.09. The van der Waals surface area contributed by atoms with Crippen LogP contribution >= 0.6 is 0 Å². The van der Waals surface area contributed by atoms with Gasteiger partial charge in [-0.2, -0.15) is 22.5 Å². The summed E-state index contributed by atoms with van der Waals surface area (Å²) in [5, 5.41) is 2.31. The Morgan fingerprint density at radius 3 is 2.32 bits per heavy atom. The van der Waals surface area contributed by atoms with Crippen molar-refractivity contribution >= 4 is 5.69 Å². The van der Waals surface area contributed by atoms with Gasteiger partial charge in [0.1, 0.15) is 11.5 Å². The molecule has 2 aromatic rings. The van der Waals surface area contributed by atoms with Crippen LogP contribution in [0.2, 0.25) is 0 Å². The number of hydrogen-bond acceptors (Lipinski definition) is 3. The van der Waals surface area contributed by atoms with Crippen molar-refractivity contribution in [2.24, 2.45) is 7.05 Å². The van der Waals surface area contributed by atoms with Gasteiger partial charge in [-0.15, -0.1) is 0 Å². The maximum atomic E-state index is 13.3. The molecule has 0 bridgehead atoms. The van der Waals surface area contributed by atoms with E-state index < -0.39 is 29.2 Å². The molecule has 0 aliphatic rings. The molecule has 1 N–H and O–H groups in total. The van der Waals surface area contributed by atoms with Gasteiger partial charge in [0.25, 0.3) is 11.9 Å². The summed E-state index contributed by atoms with van der Waals surface area (Å²) in [6, 6.07) is 0. The molecular weight excluding hydrogens is 264 g/mol. The second-order valence-corrected chi connectivity index (χ2v) is 3.83. The number of pyridine rings is 1. The minimum Gasteiger partial charge on any atom is -0.380 e. The first-order valence-corrected chi connectivity index (χ1v) is 5.40. The van der Waals surface area contributed by atoms with Crippen LogP contribution in [0.4, 0.5) is 23.2 Å². The fourth-order valence-corrected chi connectivity index (χ4v) is 1.58. The third kappa shape index (κ3) is 2.67. The van der Waals surface area contributed by atoms with E-state index in [4.69, 9.17) is 0 Å². The molecular formula is C11H10F4N4. The molecule has 19 heavy (non-hydrogen) atoms. The Bertz CT molecular complexity index is 570. The number of rotatable bonds is 4. The van der Waals surface area contributed by atoms with Crippen LogP contribution in [0, 0.1) is 23.5 Å². The Morgan fingerprint density at radius 2 is 1.79 bits per heavy atom. The Hall–Kier alpha value is -2.12. The van der Waals surface area contributed by atoms with Crippen LogP contribution in [-0.4, -0.2) is 21.1 Å². The molecule has 0 atom stereocenters. The van der Waals surface area contributed by atoms with Crippen LogP contribution in [0.15, 0.2) is 12.4 Å². The number of hydrogen-bond donors (Lipinski definition) is 1. The Kier molecular flexibility index (Phi) is 3.68. The van der Waals surface area contributed by atoms with Gasteiger partial charge < -0.3 is 9.88 Å². The third-order valence-electron chi connectivity index (χ3n) is 2.57. The average Bonchev–Trinajstić information content (AvgIpc) is 2.77. The normalized spacial score (nSPS) is 10.8. The molecule has 8 heteroatoms. The topological polar surface area (TPSA) is 42.7 Å². The summed E-state index contributed by atoms with van der Waals surface area (Å²) in [6.07, 6.45) is 3.62. The van der Waals surface area contributed by atoms with Crippen LogP contribution in [0.3, 0.4) is 0 Å². The molecule has 0 amide bonds. The van der Waals surface area contributed by atoms with E-state index in [1.54, 1.807) is 24.0 Å². The summed E-state index contributed by atoms with van der Waals surface area (Å²) < 4.78 is 53.9. The highest BCUT2D eigenvalue weighted by Crippen LogP contribution is 2.21. The number of imidazole rings is 1. The first-order valence-electron chi connectivity index (χ1n) is 5.40. The molecule has 0 aliphatic heterocycles. The van der Waals surface area contributed by atoms with Crippen molar-refractivity contribution < 1.29 is 17.6 Å². The van der Waals surface area contributed by atoms with Crippen LogP contribution in [0.5, 0.6) is 0 Å². The minimum absolute atomic E-state index is 0.0710. The quantitative estimate of drug-likeness (QED) is 0.685. The Morgan fingerprint density at radius 1 is 1.16 bits per heavy atom. The summed E-state index contributed by atoms with van der Waals surface area (Å²) in [5.74, 6) is -5.78. The Labute approximate surface area is 106 Å². The Balaban J connectivity index is 2.10. The van der Waals surface area contributed by atoms with Gasteiger partial charge in [0.2, 0.25) is 11.6 Å². The van der Waals surface area contributed by atoms with E-state index in [1.165, 1.54) is 0 Å². The van der Waals surface area contributed by atoms with E-state index in [2.05, 4.69) is 15.3 Å². The van der Waals surface area contributed by atoms with Gasteiger partial charge in [-0.3, -0.25) is 0 Å². The number of aryl methyl sites for hydroxylation is 1. The van der Waals surface area contributed by atoms with Crippen molar-refractivity contribution in [3.8, 4) is 0 Å². The highest BCUT2D eigenvalue weighted by Gasteiger charge is 2.20. The van der Waals surface area contributed by atoms with E-state index in [-0.39, 0.29) is 6.54 Å². The molecule has 0 aromatic carbocycles. The van der Waals surface area contributed by atoms with Crippen molar-refractivity contribution in [1.82, 2.24) is 14.5 Å². The van der Waals surface area contributed by atoms with Gasteiger partial charge in [0.05, 0.1) is 0 Å². The molecule has 0 radical (unpaired) electrons. The summed E-state index contributed by atoms with van der Waals surface area (Å²) in [6.45, 7) is 0.0710. The smallest absolute Gasteiger partial charge is 0.253 e. The van der Waals surface area contributed by atoms with Crippen molar-refractivity contribution in [3.05, 3.63) is 41.7 Å². The van der Waals surface area contributed by atoms with Crippen molar-refractivity contribution in [2.45, 2.75) is 6.42 Å². The van der Waals surface area contributed by atoms with E-state index in [0.29, 0.717) is 12.2 Å². The average molecular weight is 274 g/mol. The fourth-order valence-electron chi connectivity index (χ4n) is 1.58. The van der Waals surface area contributed by atoms with E-state index in [9.17, 15) is 17.6 Å². The molecule has 2 aromatic heterocycles. The number of nitrogens with one attached hydrogen (secondary N) is 1. The predicted octanol–water partition coefficient (Wildman–Crippen LogP) is 2.03. The largest absolute Gasteiger partial charge is 0.380 e. The molecule has 0 fully saturated rings. The number of halogens is 4. The molecule has 0 saturated heterocycles. The van der Waals surface area contributed by atoms with Crippen LogP contribution in [0.1, 0.15) is 5.82 Å². The van der Waals surface area contributed by atoms with E-state index in [1.807, 2.05) is 0 Å². The maximum Gasteiger partial charge on any atom is 0.253 e. The van der Waals surface area contributed by atoms with Gasteiger partial charge in [0, 0.05) is 32.4 Å². The first kappa shape index (κ1) is 13.3. The number of anilines is 1. The molecule has 0 spiro atoms. The number of nitrogens with zero attached hydrogens (tertiary/aromatic N) is 3. The zero-order valence-electron chi connectivity index (χ0n) is 9.92. The van der Waals surface area contributed by atoms with Gasteiger partial charge in [0.15, 0.2) is 0 Å². The fraction of sp³-hybridized carbons (Fsp3) is 0.273. The van der Waals surface area contributed by atoms with Crippen LogP contribution in [-0.2, 0) is 13.5 Å². The number of aromatic nitrogens is 3. The molecule has 0 aliphatic carbocycles. The van der Waals surface area contributed by atoms with Crippen molar-refractivity contribution in [2.75, 3.05) is 11.9 Å². The minimum atomic E-state index is -1.68. The lowest BCUT2D eigenvalue weighted by molar-refractivity contribution is 0.410. The lowest BCUT2D eigenvalue weighted by atomic mass is 10.3. The van der Waals surface area contributed by atoms with E-state index >= 15 is 0 Å². The highest BCUT2D eigenvalue weighted by atomic mass is 19.2. The molecule has 0 saturated carbocycles. The van der Waals surface area contributed by atoms with Gasteiger partial charge in [-0.1, -0.05) is 0 Å². The van der Waals surface area contributed by atoms with Crippen molar-refractivity contribution in [1.29, 1.82) is 0 Å². The summed E-state index contributed by atoms with van der Waals surface area (Å²) in [5.41, 5.74) is -0.862. The zero-order valence-corrected chi connectivity index (χ0v) is 9.92. The van der Waals surface area contributed by atoms with Crippen LogP contribution < -0.4 is 5.32 Å². The standard InChI is InChI=1S/C11H10F4N4/c1-19-5-4-16-6(19)2-3-17-9-7(12)10(14)18-11(15)8(9)13/h4-5H,2-3H2,1H3,(H,17,18). The van der Waals surface area contributed by atoms with Crippen LogP contribution in [0.25, 0.3) is 0 Å². The van der Waals surface area contributed by atoms with Crippen molar-refractivity contribution in [3.63, 3.8) is 0 Å². The summed E-state index contributed by atoms with van der Waals surface area (Å²) in [4.78, 5) is 6.47. The third-order valence-corrected chi connectivity index (χ3v) is 2.57. The molecule has 0 unspecified atom stereocenters. The predicted molar refractivity (Wildman–Crippen MR) is 59.5 cm³/mol. The SMILES string of the molecule is Cn1ccnc1CCNc1c(F)c(F)nc(F)c1F.